The molecule has 0 atom stereocenters. The van der Waals surface area contributed by atoms with Gasteiger partial charge in [0.1, 0.15) is 0 Å². The van der Waals surface area contributed by atoms with Gasteiger partial charge in [-0.15, -0.1) is 0 Å². The molecule has 0 aromatic heterocycles. The van der Waals surface area contributed by atoms with Gasteiger partial charge in [0.05, 0.1) is 0 Å². The normalized spacial score (nSPS) is 29.5. The molecule has 102 valence electrons. The fraction of sp³-hybridized carbons (Fsp3) is 1.00. The van der Waals surface area contributed by atoms with Crippen molar-refractivity contribution in [3.8, 4) is 0 Å². The predicted octanol–water partition coefficient (Wildman–Crippen LogP) is 3.88. The third kappa shape index (κ3) is 5.87. The van der Waals surface area contributed by atoms with Crippen LogP contribution in [0.15, 0.2) is 0 Å². The van der Waals surface area contributed by atoms with Crippen molar-refractivity contribution in [2.75, 3.05) is 13.2 Å². The van der Waals surface area contributed by atoms with Crippen molar-refractivity contribution in [1.29, 1.82) is 0 Å². The summed E-state index contributed by atoms with van der Waals surface area (Å²) in [6.07, 6.45) is 11.4. The van der Waals surface area contributed by atoms with Crippen molar-refractivity contribution >= 4 is 0 Å². The minimum Gasteiger partial charge on any atom is -0.381 e. The Morgan fingerprint density at radius 3 is 2.41 bits per heavy atom. The second kappa shape index (κ2) is 8.10. The molecule has 0 spiro atoms. The molecule has 0 bridgehead atoms. The second-order valence-electron chi connectivity index (χ2n) is 5.81. The minimum absolute atomic E-state index is 0.0798. The number of unbranched alkanes of at least 4 members (excludes halogenated alkanes) is 1. The van der Waals surface area contributed by atoms with Gasteiger partial charge in [-0.25, -0.2) is 0 Å². The third-order valence-corrected chi connectivity index (χ3v) is 4.16. The average molecular weight is 241 g/mol. The Bertz CT molecular complexity index is 185. The van der Waals surface area contributed by atoms with Crippen molar-refractivity contribution in [2.45, 2.75) is 77.2 Å². The predicted molar refractivity (Wildman–Crippen MR) is 74.1 cm³/mol. The molecule has 0 aromatic rings. The first-order valence-electron chi connectivity index (χ1n) is 7.57. The Kier molecular flexibility index (Phi) is 7.14. The molecule has 0 saturated heterocycles. The molecule has 1 aliphatic carbocycles. The maximum atomic E-state index is 6.45. The summed E-state index contributed by atoms with van der Waals surface area (Å²) in [4.78, 5) is 0. The van der Waals surface area contributed by atoms with Crippen LogP contribution in [0, 0.1) is 5.92 Å². The van der Waals surface area contributed by atoms with E-state index in [0.717, 1.165) is 32.0 Å². The minimum atomic E-state index is 0.0798. The van der Waals surface area contributed by atoms with E-state index in [1.807, 2.05) is 0 Å². The van der Waals surface area contributed by atoms with E-state index in [9.17, 15) is 0 Å². The molecule has 0 heterocycles. The SMILES string of the molecule is CCCCC1CCC(N)(CCOCCC)CC1. The maximum absolute atomic E-state index is 6.45. The Labute approximate surface area is 107 Å². The summed E-state index contributed by atoms with van der Waals surface area (Å²) in [6.45, 7) is 6.16. The zero-order chi connectivity index (χ0) is 12.6. The molecule has 0 aliphatic heterocycles. The first-order chi connectivity index (χ1) is 8.20. The monoisotopic (exact) mass is 241 g/mol. The molecular weight excluding hydrogens is 210 g/mol. The van der Waals surface area contributed by atoms with Crippen molar-refractivity contribution in [3.05, 3.63) is 0 Å². The van der Waals surface area contributed by atoms with Gasteiger partial charge >= 0.3 is 0 Å². The molecule has 0 unspecified atom stereocenters. The molecule has 17 heavy (non-hydrogen) atoms. The molecule has 1 rings (SSSR count). The Morgan fingerprint density at radius 1 is 1.12 bits per heavy atom. The zero-order valence-electron chi connectivity index (χ0n) is 11.8. The van der Waals surface area contributed by atoms with Crippen LogP contribution in [0.2, 0.25) is 0 Å². The molecule has 0 aromatic carbocycles. The molecule has 1 fully saturated rings. The maximum Gasteiger partial charge on any atom is 0.0483 e. The fourth-order valence-corrected chi connectivity index (χ4v) is 2.81. The summed E-state index contributed by atoms with van der Waals surface area (Å²) in [7, 11) is 0. The topological polar surface area (TPSA) is 35.2 Å². The lowest BCUT2D eigenvalue weighted by atomic mass is 9.74. The van der Waals surface area contributed by atoms with Crippen LogP contribution in [0.3, 0.4) is 0 Å². The lowest BCUT2D eigenvalue weighted by Gasteiger charge is -2.37. The summed E-state index contributed by atoms with van der Waals surface area (Å²) in [6, 6.07) is 0. The molecule has 0 amide bonds. The van der Waals surface area contributed by atoms with Gasteiger partial charge in [-0.2, -0.15) is 0 Å². The highest BCUT2D eigenvalue weighted by molar-refractivity contribution is 4.89. The van der Waals surface area contributed by atoms with Gasteiger partial charge in [0, 0.05) is 18.8 Å². The van der Waals surface area contributed by atoms with Crippen LogP contribution in [0.1, 0.15) is 71.6 Å². The third-order valence-electron chi connectivity index (χ3n) is 4.16. The van der Waals surface area contributed by atoms with E-state index in [2.05, 4.69) is 13.8 Å². The van der Waals surface area contributed by atoms with Crippen LogP contribution in [0.4, 0.5) is 0 Å². The van der Waals surface area contributed by atoms with E-state index >= 15 is 0 Å². The number of nitrogens with two attached hydrogens (primary N) is 1. The number of rotatable bonds is 8. The van der Waals surface area contributed by atoms with E-state index in [-0.39, 0.29) is 5.54 Å². The summed E-state index contributed by atoms with van der Waals surface area (Å²) in [5, 5.41) is 0. The molecule has 1 aliphatic rings. The van der Waals surface area contributed by atoms with Crippen LogP contribution in [0.5, 0.6) is 0 Å². The Balaban J connectivity index is 2.14. The van der Waals surface area contributed by atoms with Crippen molar-refractivity contribution in [3.63, 3.8) is 0 Å². The van der Waals surface area contributed by atoms with Crippen LogP contribution in [-0.2, 0) is 4.74 Å². The first-order valence-corrected chi connectivity index (χ1v) is 7.57. The van der Waals surface area contributed by atoms with E-state index in [1.54, 1.807) is 0 Å². The van der Waals surface area contributed by atoms with E-state index in [0.29, 0.717) is 0 Å². The molecule has 2 nitrogen and oxygen atoms in total. The van der Waals surface area contributed by atoms with E-state index in [1.165, 1.54) is 44.9 Å². The van der Waals surface area contributed by atoms with Crippen molar-refractivity contribution in [2.24, 2.45) is 11.7 Å². The van der Waals surface area contributed by atoms with E-state index < -0.39 is 0 Å². The van der Waals surface area contributed by atoms with Crippen LogP contribution in [0.25, 0.3) is 0 Å². The van der Waals surface area contributed by atoms with Crippen molar-refractivity contribution in [1.82, 2.24) is 0 Å². The smallest absolute Gasteiger partial charge is 0.0483 e. The van der Waals surface area contributed by atoms with Gasteiger partial charge < -0.3 is 10.5 Å². The fourth-order valence-electron chi connectivity index (χ4n) is 2.81. The summed E-state index contributed by atoms with van der Waals surface area (Å²) in [5.74, 6) is 0.947. The zero-order valence-corrected chi connectivity index (χ0v) is 11.8. The largest absolute Gasteiger partial charge is 0.381 e. The Morgan fingerprint density at radius 2 is 1.82 bits per heavy atom. The van der Waals surface area contributed by atoms with Gasteiger partial charge in [0.2, 0.25) is 0 Å². The van der Waals surface area contributed by atoms with Crippen LogP contribution >= 0.6 is 0 Å². The average Bonchev–Trinajstić information content (AvgIpc) is 2.34. The van der Waals surface area contributed by atoms with Crippen LogP contribution in [-0.4, -0.2) is 18.8 Å². The number of hydrogen-bond donors (Lipinski definition) is 1. The lowest BCUT2D eigenvalue weighted by molar-refractivity contribution is 0.0988. The van der Waals surface area contributed by atoms with Gasteiger partial charge in [-0.1, -0.05) is 33.1 Å². The molecule has 2 N–H and O–H groups in total. The molecule has 0 radical (unpaired) electrons. The highest BCUT2D eigenvalue weighted by Crippen LogP contribution is 2.34. The van der Waals surface area contributed by atoms with Crippen molar-refractivity contribution < 1.29 is 4.74 Å². The quantitative estimate of drug-likeness (QED) is 0.654. The standard InChI is InChI=1S/C15H31NO/c1-3-5-6-14-7-9-15(16,10-8-14)11-13-17-12-4-2/h14H,3-13,16H2,1-2H3. The summed E-state index contributed by atoms with van der Waals surface area (Å²) in [5.41, 5.74) is 6.53. The highest BCUT2D eigenvalue weighted by Gasteiger charge is 2.30. The lowest BCUT2D eigenvalue weighted by Crippen LogP contribution is -2.44. The summed E-state index contributed by atoms with van der Waals surface area (Å²) < 4.78 is 5.56. The van der Waals surface area contributed by atoms with Gasteiger partial charge in [-0.05, 0) is 44.4 Å². The first kappa shape index (κ1) is 15.0. The van der Waals surface area contributed by atoms with Crippen LogP contribution < -0.4 is 5.73 Å². The highest BCUT2D eigenvalue weighted by atomic mass is 16.5. The van der Waals surface area contributed by atoms with E-state index in [4.69, 9.17) is 10.5 Å². The number of hydrogen-bond acceptors (Lipinski definition) is 2. The molecule has 1 saturated carbocycles. The van der Waals surface area contributed by atoms with Gasteiger partial charge in [-0.3, -0.25) is 0 Å². The molecular formula is C15H31NO. The molecule has 2 heteroatoms. The summed E-state index contributed by atoms with van der Waals surface area (Å²) >= 11 is 0. The number of ether oxygens (including phenoxy) is 1. The van der Waals surface area contributed by atoms with Gasteiger partial charge in [0.15, 0.2) is 0 Å². The van der Waals surface area contributed by atoms with Gasteiger partial charge in [0.25, 0.3) is 0 Å². The second-order valence-corrected chi connectivity index (χ2v) is 5.81. The Hall–Kier alpha value is -0.0800.